The zero-order chi connectivity index (χ0) is 31.9. The first-order chi connectivity index (χ1) is 22.2. The number of carbonyl (C=O) groups excluding carboxylic acids is 4. The van der Waals surface area contributed by atoms with Crippen LogP contribution in [0.2, 0.25) is 0 Å². The van der Waals surface area contributed by atoms with E-state index in [2.05, 4.69) is 5.43 Å². The van der Waals surface area contributed by atoms with E-state index in [1.807, 2.05) is 104 Å². The summed E-state index contributed by atoms with van der Waals surface area (Å²) in [5, 5.41) is 14.6. The molecule has 2 heterocycles. The van der Waals surface area contributed by atoms with Gasteiger partial charge in [0.2, 0.25) is 11.8 Å². The molecule has 6 atom stereocenters. The maximum atomic E-state index is 15.2. The molecule has 3 fully saturated rings. The number of fused-ring (bicyclic) bond motifs is 5. The highest BCUT2D eigenvalue weighted by molar-refractivity contribution is 6.13. The number of amides is 4. The fourth-order valence-corrected chi connectivity index (χ4v) is 8.75. The monoisotopic (exact) mass is 611 g/mol. The molecule has 46 heavy (non-hydrogen) atoms. The van der Waals surface area contributed by atoms with E-state index in [0.717, 1.165) is 21.5 Å². The molecule has 2 saturated heterocycles. The van der Waals surface area contributed by atoms with Crippen LogP contribution in [0.4, 0.5) is 5.69 Å². The van der Waals surface area contributed by atoms with E-state index in [-0.39, 0.29) is 24.0 Å². The van der Waals surface area contributed by atoms with Gasteiger partial charge in [0.1, 0.15) is 5.75 Å². The lowest BCUT2D eigenvalue weighted by Gasteiger charge is -2.50. The van der Waals surface area contributed by atoms with E-state index in [9.17, 15) is 19.5 Å². The van der Waals surface area contributed by atoms with Gasteiger partial charge in [-0.3, -0.25) is 29.5 Å². The van der Waals surface area contributed by atoms with Crippen molar-refractivity contribution in [1.29, 1.82) is 0 Å². The van der Waals surface area contributed by atoms with Gasteiger partial charge in [0.15, 0.2) is 0 Å². The summed E-state index contributed by atoms with van der Waals surface area (Å²) >= 11 is 0. The van der Waals surface area contributed by atoms with E-state index in [1.54, 1.807) is 0 Å². The predicted molar refractivity (Wildman–Crippen MR) is 172 cm³/mol. The highest BCUT2D eigenvalue weighted by Gasteiger charge is 2.70. The van der Waals surface area contributed by atoms with Crippen LogP contribution in [0, 0.1) is 30.6 Å². The molecule has 4 aliphatic rings. The molecule has 2 N–H and O–H groups in total. The van der Waals surface area contributed by atoms with Crippen LogP contribution in [0.15, 0.2) is 103 Å². The van der Waals surface area contributed by atoms with Gasteiger partial charge in [-0.25, -0.2) is 0 Å². The number of benzene rings is 4. The molecule has 4 aromatic rings. The van der Waals surface area contributed by atoms with Gasteiger partial charge in [-0.2, -0.15) is 5.01 Å². The van der Waals surface area contributed by atoms with Crippen molar-refractivity contribution in [1.82, 2.24) is 9.91 Å². The van der Waals surface area contributed by atoms with Gasteiger partial charge in [-0.15, -0.1) is 0 Å². The second kappa shape index (κ2) is 10.1. The summed E-state index contributed by atoms with van der Waals surface area (Å²) in [4.78, 5) is 57.9. The summed E-state index contributed by atoms with van der Waals surface area (Å²) in [6.07, 6.45) is 2.57. The van der Waals surface area contributed by atoms with Gasteiger partial charge < -0.3 is 5.11 Å². The van der Waals surface area contributed by atoms with E-state index < -0.39 is 46.8 Å². The highest BCUT2D eigenvalue weighted by atomic mass is 16.3. The minimum Gasteiger partial charge on any atom is -0.507 e. The number of aromatic hydroxyl groups is 1. The van der Waals surface area contributed by atoms with Crippen LogP contribution in [-0.4, -0.2) is 45.7 Å². The number of hydrogen-bond acceptors (Lipinski definition) is 6. The Kier molecular flexibility index (Phi) is 6.23. The Balaban J connectivity index is 1.39. The maximum Gasteiger partial charge on any atom is 0.260 e. The molecular formula is C38H33N3O5. The average Bonchev–Trinajstić information content (AvgIpc) is 3.43. The van der Waals surface area contributed by atoms with Gasteiger partial charge >= 0.3 is 0 Å². The first-order valence-corrected chi connectivity index (χ1v) is 15.7. The van der Waals surface area contributed by atoms with E-state index in [0.29, 0.717) is 28.6 Å². The molecule has 1 saturated carbocycles. The van der Waals surface area contributed by atoms with Crippen LogP contribution in [0.5, 0.6) is 5.75 Å². The molecule has 2 aliphatic carbocycles. The third kappa shape index (κ3) is 3.73. The summed E-state index contributed by atoms with van der Waals surface area (Å²) in [7, 11) is 1.52. The fraction of sp³-hybridized carbons (Fsp3) is 0.263. The Morgan fingerprint density at radius 1 is 0.804 bits per heavy atom. The minimum absolute atomic E-state index is 0.0389. The molecule has 2 aliphatic heterocycles. The van der Waals surface area contributed by atoms with E-state index >= 15 is 4.79 Å². The van der Waals surface area contributed by atoms with Crippen LogP contribution in [0.1, 0.15) is 35.4 Å². The van der Waals surface area contributed by atoms with Gasteiger partial charge in [0, 0.05) is 23.9 Å². The van der Waals surface area contributed by atoms with Crippen molar-refractivity contribution >= 4 is 40.1 Å². The molecule has 6 unspecified atom stereocenters. The molecule has 8 nitrogen and oxygen atoms in total. The first kappa shape index (κ1) is 28.2. The van der Waals surface area contributed by atoms with Crippen LogP contribution in [0.25, 0.3) is 10.8 Å². The SMILES string of the molecule is Cc1ccc(NN2C(=O)C3CC4C(=CCC5C(=O)N(C)C(=O)C54)C(c4ccc5ccccc5c4O)C3(c3ccccc3)C2=O)cc1. The molecule has 8 heteroatoms. The average molecular weight is 612 g/mol. The van der Waals surface area contributed by atoms with Crippen molar-refractivity contribution in [3.63, 3.8) is 0 Å². The summed E-state index contributed by atoms with van der Waals surface area (Å²) in [5.41, 5.74) is 5.31. The van der Waals surface area contributed by atoms with Crippen molar-refractivity contribution in [3.05, 3.63) is 119 Å². The van der Waals surface area contributed by atoms with Crippen LogP contribution in [-0.2, 0) is 24.6 Å². The van der Waals surface area contributed by atoms with Gasteiger partial charge in [-0.05, 0) is 48.8 Å². The molecule has 0 spiro atoms. The number of phenols is 1. The van der Waals surface area contributed by atoms with Crippen molar-refractivity contribution in [2.75, 3.05) is 12.5 Å². The second-order valence-corrected chi connectivity index (χ2v) is 13.1. The molecule has 230 valence electrons. The van der Waals surface area contributed by atoms with Crippen molar-refractivity contribution < 1.29 is 24.3 Å². The minimum atomic E-state index is -1.43. The zero-order valence-corrected chi connectivity index (χ0v) is 25.5. The Hall–Kier alpha value is -5.24. The Bertz CT molecular complexity index is 1990. The number of carbonyl (C=O) groups is 4. The van der Waals surface area contributed by atoms with E-state index in [4.69, 9.17) is 0 Å². The van der Waals surface area contributed by atoms with Gasteiger partial charge in [-0.1, -0.05) is 96.1 Å². The quantitative estimate of drug-likeness (QED) is 0.234. The third-order valence-electron chi connectivity index (χ3n) is 10.9. The maximum absolute atomic E-state index is 15.2. The summed E-state index contributed by atoms with van der Waals surface area (Å²) in [6.45, 7) is 1.96. The predicted octanol–water partition coefficient (Wildman–Crippen LogP) is 5.47. The number of nitrogens with one attached hydrogen (secondary N) is 1. The van der Waals surface area contributed by atoms with Gasteiger partial charge in [0.05, 0.1) is 28.9 Å². The number of hydrazine groups is 1. The number of hydrogen-bond donors (Lipinski definition) is 2. The molecular weight excluding hydrogens is 578 g/mol. The number of imide groups is 2. The fourth-order valence-electron chi connectivity index (χ4n) is 8.75. The lowest BCUT2D eigenvalue weighted by atomic mass is 9.49. The number of rotatable bonds is 4. The number of aryl methyl sites for hydroxylation is 1. The Labute approximate surface area is 266 Å². The standard InChI is InChI=1S/C38H33N3O5/c1-21-12-15-24(16-13-21)39-41-35(44)30-20-29-26(18-19-27-31(29)36(45)40(2)34(27)43)32(38(30,37(41)46)23-9-4-3-5-10-23)28-17-14-22-8-6-7-11-25(22)33(28)42/h3-18,27,29-32,39,42H,19-20H2,1-2H3. The summed E-state index contributed by atoms with van der Waals surface area (Å²) in [6, 6.07) is 28.1. The lowest BCUT2D eigenvalue weighted by Crippen LogP contribution is -2.53. The number of allylic oxidation sites excluding steroid dienone is 2. The molecule has 4 aromatic carbocycles. The van der Waals surface area contributed by atoms with Crippen LogP contribution in [0.3, 0.4) is 0 Å². The zero-order valence-electron chi connectivity index (χ0n) is 25.5. The lowest BCUT2D eigenvalue weighted by molar-refractivity contribution is -0.140. The Morgan fingerprint density at radius 3 is 2.28 bits per heavy atom. The normalized spacial score (nSPS) is 28.7. The van der Waals surface area contributed by atoms with Gasteiger partial charge in [0.25, 0.3) is 11.8 Å². The molecule has 0 aromatic heterocycles. The van der Waals surface area contributed by atoms with E-state index in [1.165, 1.54) is 11.9 Å². The third-order valence-corrected chi connectivity index (χ3v) is 10.9. The largest absolute Gasteiger partial charge is 0.507 e. The van der Waals surface area contributed by atoms with Crippen LogP contribution >= 0.6 is 0 Å². The summed E-state index contributed by atoms with van der Waals surface area (Å²) < 4.78 is 0. The molecule has 4 amide bonds. The van der Waals surface area contributed by atoms with Crippen LogP contribution < -0.4 is 5.43 Å². The number of likely N-dealkylation sites (tertiary alicyclic amines) is 1. The first-order valence-electron chi connectivity index (χ1n) is 15.7. The number of nitrogens with zero attached hydrogens (tertiary/aromatic N) is 2. The molecule has 0 radical (unpaired) electrons. The van der Waals surface area contributed by atoms with Crippen molar-refractivity contribution in [2.24, 2.45) is 23.7 Å². The number of anilines is 1. The highest BCUT2D eigenvalue weighted by Crippen LogP contribution is 2.65. The van der Waals surface area contributed by atoms with Crippen molar-refractivity contribution in [2.45, 2.75) is 31.1 Å². The molecule has 0 bridgehead atoms. The van der Waals surface area contributed by atoms with Crippen molar-refractivity contribution in [3.8, 4) is 5.75 Å². The summed E-state index contributed by atoms with van der Waals surface area (Å²) in [5.74, 6) is -4.52. The number of phenolic OH excluding ortho intramolecular Hbond substituents is 1. The second-order valence-electron chi connectivity index (χ2n) is 13.1. The Morgan fingerprint density at radius 2 is 1.52 bits per heavy atom. The topological polar surface area (TPSA) is 107 Å². The smallest absolute Gasteiger partial charge is 0.260 e. The molecule has 8 rings (SSSR count).